The maximum Gasteiger partial charge on any atom is 0.134 e. The molecule has 16 heavy (non-hydrogen) atoms. The summed E-state index contributed by atoms with van der Waals surface area (Å²) in [6, 6.07) is 0. The molecule has 1 N–H and O–H groups in total. The molecule has 0 atom stereocenters. The summed E-state index contributed by atoms with van der Waals surface area (Å²) in [5.41, 5.74) is 2.40. The molecule has 3 heteroatoms. The Morgan fingerprint density at radius 3 is 2.50 bits per heavy atom. The van der Waals surface area contributed by atoms with Crippen LogP contribution in [0, 0.1) is 6.92 Å². The Bertz CT molecular complexity index is 342. The smallest absolute Gasteiger partial charge is 0.134 e. The molecule has 0 amide bonds. The van der Waals surface area contributed by atoms with E-state index in [1.807, 2.05) is 7.05 Å². The largest absolute Gasteiger partial charge is 0.373 e. The second-order valence-electron chi connectivity index (χ2n) is 4.59. The van der Waals surface area contributed by atoms with Crippen molar-refractivity contribution in [2.45, 2.75) is 51.9 Å². The van der Waals surface area contributed by atoms with E-state index < -0.39 is 0 Å². The Morgan fingerprint density at radius 2 is 1.94 bits per heavy atom. The van der Waals surface area contributed by atoms with Crippen molar-refractivity contribution >= 4 is 5.82 Å². The zero-order valence-electron chi connectivity index (χ0n) is 10.5. The van der Waals surface area contributed by atoms with Gasteiger partial charge in [0.1, 0.15) is 11.6 Å². The highest BCUT2D eigenvalue weighted by Gasteiger charge is 2.21. The van der Waals surface area contributed by atoms with Crippen LogP contribution in [0.3, 0.4) is 0 Å². The van der Waals surface area contributed by atoms with Crippen molar-refractivity contribution in [1.29, 1.82) is 0 Å². The summed E-state index contributed by atoms with van der Waals surface area (Å²) in [6.07, 6.45) is 6.17. The van der Waals surface area contributed by atoms with Gasteiger partial charge in [0.25, 0.3) is 0 Å². The first-order chi connectivity index (χ1) is 7.76. The number of aryl methyl sites for hydroxylation is 1. The molecule has 1 aromatic rings. The van der Waals surface area contributed by atoms with E-state index >= 15 is 0 Å². The van der Waals surface area contributed by atoms with Crippen molar-refractivity contribution in [3.05, 3.63) is 17.1 Å². The summed E-state index contributed by atoms with van der Waals surface area (Å²) in [6.45, 7) is 4.26. The molecule has 1 saturated carbocycles. The summed E-state index contributed by atoms with van der Waals surface area (Å²) in [5.74, 6) is 2.66. The van der Waals surface area contributed by atoms with Gasteiger partial charge in [0.2, 0.25) is 0 Å². The van der Waals surface area contributed by atoms with Crippen LogP contribution in [0.4, 0.5) is 5.82 Å². The first kappa shape index (κ1) is 11.4. The number of aromatic nitrogens is 2. The molecule has 3 nitrogen and oxygen atoms in total. The van der Waals surface area contributed by atoms with E-state index in [-0.39, 0.29) is 0 Å². The zero-order valence-corrected chi connectivity index (χ0v) is 10.5. The minimum atomic E-state index is 0.595. The van der Waals surface area contributed by atoms with E-state index in [0.29, 0.717) is 5.92 Å². The summed E-state index contributed by atoms with van der Waals surface area (Å²) in [4.78, 5) is 9.39. The molecule has 1 aliphatic rings. The van der Waals surface area contributed by atoms with Gasteiger partial charge < -0.3 is 5.32 Å². The standard InChI is InChI=1S/C13H21N3/c1-4-11-9(2)12(14-3)16-13(15-11)10-7-5-6-8-10/h10H,4-8H2,1-3H3,(H,14,15,16). The quantitative estimate of drug-likeness (QED) is 0.849. The molecule has 1 aliphatic carbocycles. The summed E-state index contributed by atoms with van der Waals surface area (Å²) >= 11 is 0. The first-order valence-electron chi connectivity index (χ1n) is 6.31. The van der Waals surface area contributed by atoms with Crippen LogP contribution in [0.15, 0.2) is 0 Å². The molecule has 0 aliphatic heterocycles. The predicted octanol–water partition coefficient (Wildman–Crippen LogP) is 3.05. The molecule has 88 valence electrons. The second kappa shape index (κ2) is 4.81. The molecule has 0 radical (unpaired) electrons. The zero-order chi connectivity index (χ0) is 11.5. The van der Waals surface area contributed by atoms with Gasteiger partial charge in [-0.1, -0.05) is 19.8 Å². The third-order valence-corrected chi connectivity index (χ3v) is 3.56. The average molecular weight is 219 g/mol. The van der Waals surface area contributed by atoms with E-state index in [1.165, 1.54) is 36.9 Å². The topological polar surface area (TPSA) is 37.8 Å². The normalized spacial score (nSPS) is 16.7. The molecule has 2 rings (SSSR count). The van der Waals surface area contributed by atoms with E-state index in [4.69, 9.17) is 4.98 Å². The molecule has 1 aromatic heterocycles. The molecular formula is C13H21N3. The molecule has 1 fully saturated rings. The van der Waals surface area contributed by atoms with Gasteiger partial charge in [-0.2, -0.15) is 0 Å². The Labute approximate surface area is 97.7 Å². The van der Waals surface area contributed by atoms with Crippen LogP contribution in [0.2, 0.25) is 0 Å². The van der Waals surface area contributed by atoms with Crippen molar-refractivity contribution in [2.75, 3.05) is 12.4 Å². The first-order valence-corrected chi connectivity index (χ1v) is 6.31. The fourth-order valence-corrected chi connectivity index (χ4v) is 2.54. The van der Waals surface area contributed by atoms with Crippen LogP contribution in [0.25, 0.3) is 0 Å². The second-order valence-corrected chi connectivity index (χ2v) is 4.59. The fraction of sp³-hybridized carbons (Fsp3) is 0.692. The Kier molecular flexibility index (Phi) is 3.42. The third-order valence-electron chi connectivity index (χ3n) is 3.56. The van der Waals surface area contributed by atoms with Crippen molar-refractivity contribution in [1.82, 2.24) is 9.97 Å². The lowest BCUT2D eigenvalue weighted by molar-refractivity contribution is 0.660. The molecule has 0 aromatic carbocycles. The lowest BCUT2D eigenvalue weighted by Crippen LogP contribution is -2.09. The van der Waals surface area contributed by atoms with Crippen molar-refractivity contribution in [3.63, 3.8) is 0 Å². The van der Waals surface area contributed by atoms with Gasteiger partial charge in [-0.3, -0.25) is 0 Å². The van der Waals surface area contributed by atoms with Crippen LogP contribution >= 0.6 is 0 Å². The predicted molar refractivity (Wildman–Crippen MR) is 66.9 cm³/mol. The van der Waals surface area contributed by atoms with Gasteiger partial charge in [0, 0.05) is 24.2 Å². The SMILES string of the molecule is CCc1nc(C2CCCC2)nc(NC)c1C. The van der Waals surface area contributed by atoms with Gasteiger partial charge in [-0.25, -0.2) is 9.97 Å². The third kappa shape index (κ3) is 2.04. The number of hydrogen-bond donors (Lipinski definition) is 1. The van der Waals surface area contributed by atoms with Crippen molar-refractivity contribution in [3.8, 4) is 0 Å². The lowest BCUT2D eigenvalue weighted by atomic mass is 10.1. The van der Waals surface area contributed by atoms with Gasteiger partial charge >= 0.3 is 0 Å². The fourth-order valence-electron chi connectivity index (χ4n) is 2.54. The Balaban J connectivity index is 2.37. The van der Waals surface area contributed by atoms with Gasteiger partial charge in [0.15, 0.2) is 0 Å². The number of nitrogens with one attached hydrogen (secondary N) is 1. The van der Waals surface area contributed by atoms with Gasteiger partial charge in [-0.05, 0) is 26.2 Å². The summed E-state index contributed by atoms with van der Waals surface area (Å²) in [7, 11) is 1.94. The van der Waals surface area contributed by atoms with Crippen LogP contribution in [-0.2, 0) is 6.42 Å². The van der Waals surface area contributed by atoms with Crippen molar-refractivity contribution in [2.24, 2.45) is 0 Å². The molecule has 0 saturated heterocycles. The van der Waals surface area contributed by atoms with Crippen molar-refractivity contribution < 1.29 is 0 Å². The highest BCUT2D eigenvalue weighted by atomic mass is 15.0. The minimum absolute atomic E-state index is 0.595. The minimum Gasteiger partial charge on any atom is -0.373 e. The van der Waals surface area contributed by atoms with Gasteiger partial charge in [-0.15, -0.1) is 0 Å². The summed E-state index contributed by atoms with van der Waals surface area (Å²) < 4.78 is 0. The van der Waals surface area contributed by atoms with Crippen LogP contribution < -0.4 is 5.32 Å². The highest BCUT2D eigenvalue weighted by molar-refractivity contribution is 5.45. The van der Waals surface area contributed by atoms with E-state index in [0.717, 1.165) is 18.1 Å². The molecular weight excluding hydrogens is 198 g/mol. The molecule has 0 bridgehead atoms. The average Bonchev–Trinajstić information content (AvgIpc) is 2.83. The van der Waals surface area contributed by atoms with Crippen LogP contribution in [-0.4, -0.2) is 17.0 Å². The maximum atomic E-state index is 4.73. The summed E-state index contributed by atoms with van der Waals surface area (Å²) in [5, 5.41) is 3.18. The molecule has 1 heterocycles. The lowest BCUT2D eigenvalue weighted by Gasteiger charge is -2.14. The monoisotopic (exact) mass is 219 g/mol. The van der Waals surface area contributed by atoms with E-state index in [2.05, 4.69) is 24.1 Å². The van der Waals surface area contributed by atoms with Crippen LogP contribution in [0.5, 0.6) is 0 Å². The maximum absolute atomic E-state index is 4.73. The Hall–Kier alpha value is -1.12. The molecule has 0 unspecified atom stereocenters. The molecule has 0 spiro atoms. The Morgan fingerprint density at radius 1 is 1.25 bits per heavy atom. The van der Waals surface area contributed by atoms with Gasteiger partial charge in [0.05, 0.1) is 0 Å². The highest BCUT2D eigenvalue weighted by Crippen LogP contribution is 2.33. The van der Waals surface area contributed by atoms with E-state index in [1.54, 1.807) is 0 Å². The number of rotatable bonds is 3. The number of hydrogen-bond acceptors (Lipinski definition) is 3. The number of anilines is 1. The number of nitrogens with zero attached hydrogens (tertiary/aromatic N) is 2. The van der Waals surface area contributed by atoms with Crippen LogP contribution in [0.1, 0.15) is 55.6 Å². The van der Waals surface area contributed by atoms with E-state index in [9.17, 15) is 0 Å².